The lowest BCUT2D eigenvalue weighted by atomic mass is 9.91. The van der Waals surface area contributed by atoms with E-state index in [1.165, 1.54) is 70.6 Å². The van der Waals surface area contributed by atoms with Crippen molar-refractivity contribution in [3.05, 3.63) is 23.8 Å². The molecule has 0 N–H and O–H groups in total. The second-order valence-electron chi connectivity index (χ2n) is 5.71. The summed E-state index contributed by atoms with van der Waals surface area (Å²) in [5, 5.41) is 0. The molecular formula is C18H32. The molecule has 18 heavy (non-hydrogen) atoms. The summed E-state index contributed by atoms with van der Waals surface area (Å²) in [4.78, 5) is 0. The largest absolute Gasteiger partial charge is 0.0885 e. The molecule has 0 aromatic heterocycles. The average molecular weight is 248 g/mol. The van der Waals surface area contributed by atoms with Crippen LogP contribution in [0.25, 0.3) is 0 Å². The Morgan fingerprint density at radius 1 is 0.944 bits per heavy atom. The van der Waals surface area contributed by atoms with Crippen LogP contribution < -0.4 is 0 Å². The zero-order valence-electron chi connectivity index (χ0n) is 12.6. The predicted molar refractivity (Wildman–Crippen MR) is 82.8 cm³/mol. The van der Waals surface area contributed by atoms with Gasteiger partial charge in [0.15, 0.2) is 0 Å². The van der Waals surface area contributed by atoms with E-state index in [0.29, 0.717) is 0 Å². The molecule has 0 heteroatoms. The third-order valence-corrected chi connectivity index (χ3v) is 4.28. The van der Waals surface area contributed by atoms with Crippen molar-refractivity contribution in [1.82, 2.24) is 0 Å². The van der Waals surface area contributed by atoms with Crippen LogP contribution in [0.1, 0.15) is 84.5 Å². The molecule has 0 radical (unpaired) electrons. The number of rotatable bonds is 4. The molecule has 1 rings (SSSR count). The maximum atomic E-state index is 2.54. The summed E-state index contributed by atoms with van der Waals surface area (Å²) in [6.07, 6.45) is 22.3. The Balaban J connectivity index is 2.40. The first-order chi connectivity index (χ1) is 8.86. The van der Waals surface area contributed by atoms with Gasteiger partial charge in [0.2, 0.25) is 0 Å². The minimum Gasteiger partial charge on any atom is -0.0885 e. The second kappa shape index (κ2) is 10.4. The van der Waals surface area contributed by atoms with E-state index in [1.807, 2.05) is 0 Å². The molecule has 0 heterocycles. The third-order valence-electron chi connectivity index (χ3n) is 4.28. The SMILES string of the molecule is CCC(=CCC1CCCC=CCCCCC1)CC. The highest BCUT2D eigenvalue weighted by Gasteiger charge is 2.07. The van der Waals surface area contributed by atoms with Crippen molar-refractivity contribution in [3.8, 4) is 0 Å². The summed E-state index contributed by atoms with van der Waals surface area (Å²) in [6, 6.07) is 0. The van der Waals surface area contributed by atoms with E-state index in [-0.39, 0.29) is 0 Å². The normalized spacial score (nSPS) is 22.2. The molecule has 0 amide bonds. The van der Waals surface area contributed by atoms with Crippen LogP contribution in [0.5, 0.6) is 0 Å². The summed E-state index contributed by atoms with van der Waals surface area (Å²) < 4.78 is 0. The molecule has 1 aliphatic carbocycles. The van der Waals surface area contributed by atoms with Crippen molar-refractivity contribution in [2.45, 2.75) is 84.5 Å². The summed E-state index contributed by atoms with van der Waals surface area (Å²) in [6.45, 7) is 4.58. The molecule has 0 aromatic rings. The number of hydrogen-bond donors (Lipinski definition) is 0. The van der Waals surface area contributed by atoms with Gasteiger partial charge in [-0.25, -0.2) is 0 Å². The van der Waals surface area contributed by atoms with E-state index < -0.39 is 0 Å². The van der Waals surface area contributed by atoms with Crippen LogP contribution in [0.4, 0.5) is 0 Å². The monoisotopic (exact) mass is 248 g/mol. The summed E-state index contributed by atoms with van der Waals surface area (Å²) in [5.74, 6) is 0.949. The first-order valence-corrected chi connectivity index (χ1v) is 8.19. The highest BCUT2D eigenvalue weighted by Crippen LogP contribution is 2.23. The van der Waals surface area contributed by atoms with Gasteiger partial charge in [0.1, 0.15) is 0 Å². The van der Waals surface area contributed by atoms with Crippen LogP contribution >= 0.6 is 0 Å². The number of hydrogen-bond acceptors (Lipinski definition) is 0. The highest BCUT2D eigenvalue weighted by atomic mass is 14.1. The van der Waals surface area contributed by atoms with Crippen molar-refractivity contribution < 1.29 is 0 Å². The molecule has 0 aliphatic heterocycles. The zero-order valence-corrected chi connectivity index (χ0v) is 12.6. The molecule has 1 aliphatic rings. The van der Waals surface area contributed by atoms with Crippen molar-refractivity contribution in [2.75, 3.05) is 0 Å². The molecule has 0 saturated carbocycles. The Labute approximate surface area is 115 Å². The quantitative estimate of drug-likeness (QED) is 0.503. The topological polar surface area (TPSA) is 0 Å². The predicted octanol–water partition coefficient (Wildman–Crippen LogP) is 6.43. The molecule has 104 valence electrons. The van der Waals surface area contributed by atoms with Crippen LogP contribution in [0, 0.1) is 5.92 Å². The Kier molecular flexibility index (Phi) is 8.98. The first-order valence-electron chi connectivity index (χ1n) is 8.19. The van der Waals surface area contributed by atoms with Crippen molar-refractivity contribution in [3.63, 3.8) is 0 Å². The van der Waals surface area contributed by atoms with Crippen LogP contribution in [0.3, 0.4) is 0 Å². The van der Waals surface area contributed by atoms with Gasteiger partial charge in [-0.2, -0.15) is 0 Å². The summed E-state index contributed by atoms with van der Waals surface area (Å²) in [5.41, 5.74) is 1.66. The van der Waals surface area contributed by atoms with Crippen LogP contribution in [0.2, 0.25) is 0 Å². The average Bonchev–Trinajstić information content (AvgIpc) is 2.45. The van der Waals surface area contributed by atoms with Gasteiger partial charge in [-0.1, -0.05) is 56.9 Å². The molecule has 0 spiro atoms. The van der Waals surface area contributed by atoms with E-state index >= 15 is 0 Å². The van der Waals surface area contributed by atoms with Crippen molar-refractivity contribution >= 4 is 0 Å². The fourth-order valence-corrected chi connectivity index (χ4v) is 2.88. The standard InChI is InChI=1S/C18H32/c1-3-17(4-2)15-16-18-13-11-9-7-5-6-8-10-12-14-18/h5,7,15,18H,3-4,6,8-14,16H2,1-2H3. The van der Waals surface area contributed by atoms with Gasteiger partial charge in [0.05, 0.1) is 0 Å². The second-order valence-corrected chi connectivity index (χ2v) is 5.71. The summed E-state index contributed by atoms with van der Waals surface area (Å²) in [7, 11) is 0. The molecule has 0 bridgehead atoms. The lowest BCUT2D eigenvalue weighted by Gasteiger charge is -2.15. The van der Waals surface area contributed by atoms with E-state index in [2.05, 4.69) is 32.1 Å². The molecule has 0 aromatic carbocycles. The zero-order chi connectivity index (χ0) is 13.1. The summed E-state index contributed by atoms with van der Waals surface area (Å²) >= 11 is 0. The smallest absolute Gasteiger partial charge is 0.0320 e. The molecule has 0 saturated heterocycles. The Bertz CT molecular complexity index is 241. The minimum absolute atomic E-state index is 0.949. The van der Waals surface area contributed by atoms with Crippen LogP contribution in [-0.4, -0.2) is 0 Å². The van der Waals surface area contributed by atoms with E-state index in [1.54, 1.807) is 5.57 Å². The molecule has 0 nitrogen and oxygen atoms in total. The van der Waals surface area contributed by atoms with Crippen molar-refractivity contribution in [2.24, 2.45) is 5.92 Å². The fraction of sp³-hybridized carbons (Fsp3) is 0.778. The highest BCUT2D eigenvalue weighted by molar-refractivity contribution is 5.00. The van der Waals surface area contributed by atoms with Gasteiger partial charge < -0.3 is 0 Å². The molecule has 0 fully saturated rings. The Morgan fingerprint density at radius 2 is 1.61 bits per heavy atom. The Morgan fingerprint density at radius 3 is 2.33 bits per heavy atom. The van der Waals surface area contributed by atoms with Gasteiger partial charge >= 0.3 is 0 Å². The maximum Gasteiger partial charge on any atom is -0.0320 e. The molecule has 1 unspecified atom stereocenters. The van der Waals surface area contributed by atoms with E-state index in [0.717, 1.165) is 5.92 Å². The van der Waals surface area contributed by atoms with Gasteiger partial charge in [-0.3, -0.25) is 0 Å². The number of allylic oxidation sites excluding steroid dienone is 4. The minimum atomic E-state index is 0.949. The van der Waals surface area contributed by atoms with Crippen molar-refractivity contribution in [1.29, 1.82) is 0 Å². The molecule has 1 atom stereocenters. The van der Waals surface area contributed by atoms with Gasteiger partial charge in [0, 0.05) is 0 Å². The fourth-order valence-electron chi connectivity index (χ4n) is 2.88. The molecular weight excluding hydrogens is 216 g/mol. The van der Waals surface area contributed by atoms with E-state index in [4.69, 9.17) is 0 Å². The Hall–Kier alpha value is -0.520. The third kappa shape index (κ3) is 7.03. The van der Waals surface area contributed by atoms with Gasteiger partial charge in [0.25, 0.3) is 0 Å². The van der Waals surface area contributed by atoms with Crippen LogP contribution in [-0.2, 0) is 0 Å². The maximum absolute atomic E-state index is 2.54. The lowest BCUT2D eigenvalue weighted by molar-refractivity contribution is 0.421. The van der Waals surface area contributed by atoms with E-state index in [9.17, 15) is 0 Å². The van der Waals surface area contributed by atoms with Gasteiger partial charge in [-0.15, -0.1) is 0 Å². The van der Waals surface area contributed by atoms with Gasteiger partial charge in [-0.05, 0) is 57.3 Å². The first kappa shape index (κ1) is 15.5. The van der Waals surface area contributed by atoms with Crippen LogP contribution in [0.15, 0.2) is 23.8 Å². The lowest BCUT2D eigenvalue weighted by Crippen LogP contribution is -2.00.